The predicted molar refractivity (Wildman–Crippen MR) is 256 cm³/mol. The molecule has 1 heteroatoms. The Kier molecular flexibility index (Phi) is 10.8. The van der Waals surface area contributed by atoms with E-state index in [1.807, 2.05) is 0 Å². The van der Waals surface area contributed by atoms with Gasteiger partial charge in [0.2, 0.25) is 0 Å². The first-order chi connectivity index (χ1) is 29.9. The van der Waals surface area contributed by atoms with Crippen molar-refractivity contribution in [2.75, 3.05) is 4.90 Å². The van der Waals surface area contributed by atoms with Gasteiger partial charge in [0, 0.05) is 17.1 Å². The van der Waals surface area contributed by atoms with Crippen LogP contribution in [0.5, 0.6) is 0 Å². The number of anilines is 3. The topological polar surface area (TPSA) is 3.24 Å². The summed E-state index contributed by atoms with van der Waals surface area (Å²) in [5, 5.41) is 0. The van der Waals surface area contributed by atoms with E-state index in [9.17, 15) is 0 Å². The highest BCUT2D eigenvalue weighted by atomic mass is 15.1. The van der Waals surface area contributed by atoms with E-state index in [4.69, 9.17) is 0 Å². The van der Waals surface area contributed by atoms with Crippen molar-refractivity contribution in [3.8, 4) is 0 Å². The predicted octanol–water partition coefficient (Wildman–Crippen LogP) is 15.2. The van der Waals surface area contributed by atoms with E-state index in [0.29, 0.717) is 0 Å². The van der Waals surface area contributed by atoms with Gasteiger partial charge in [-0.05, 0) is 91.9 Å². The van der Waals surface area contributed by atoms with Gasteiger partial charge in [0.25, 0.3) is 0 Å². The van der Waals surface area contributed by atoms with Crippen molar-refractivity contribution in [2.24, 2.45) is 0 Å². The molecular formula is C60H51N. The highest BCUT2D eigenvalue weighted by Gasteiger charge is 2.40. The van der Waals surface area contributed by atoms with Gasteiger partial charge in [-0.25, -0.2) is 0 Å². The molecular weight excluding hydrogens is 735 g/mol. The summed E-state index contributed by atoms with van der Waals surface area (Å²) >= 11 is 0. The van der Waals surface area contributed by atoms with Crippen LogP contribution in [0.15, 0.2) is 255 Å². The van der Waals surface area contributed by atoms with Crippen LogP contribution >= 0.6 is 0 Å². The molecule has 0 aliphatic carbocycles. The highest BCUT2D eigenvalue weighted by molar-refractivity contribution is 5.78. The lowest BCUT2D eigenvalue weighted by molar-refractivity contribution is 0.590. The van der Waals surface area contributed by atoms with E-state index in [0.717, 1.165) is 17.1 Å². The van der Waals surface area contributed by atoms with Crippen LogP contribution in [-0.4, -0.2) is 0 Å². The van der Waals surface area contributed by atoms with E-state index in [1.54, 1.807) is 0 Å². The maximum absolute atomic E-state index is 2.39. The summed E-state index contributed by atoms with van der Waals surface area (Å²) in [7, 11) is 0. The maximum atomic E-state index is 2.39. The largest absolute Gasteiger partial charge is 0.311 e. The second kappa shape index (κ2) is 16.8. The first kappa shape index (κ1) is 39.3. The lowest BCUT2D eigenvalue weighted by atomic mass is 9.65. The number of nitrogens with zero attached hydrogens (tertiary/aromatic N) is 1. The Balaban J connectivity index is 1.22. The van der Waals surface area contributed by atoms with Gasteiger partial charge < -0.3 is 4.90 Å². The number of benzene rings is 9. The van der Waals surface area contributed by atoms with Gasteiger partial charge in [0.1, 0.15) is 0 Å². The molecule has 0 amide bonds. The molecule has 0 atom stereocenters. The first-order valence-electron chi connectivity index (χ1n) is 21.3. The van der Waals surface area contributed by atoms with E-state index in [-0.39, 0.29) is 5.41 Å². The molecule has 0 heterocycles. The molecule has 0 aliphatic rings. The fourth-order valence-electron chi connectivity index (χ4n) is 9.41. The van der Waals surface area contributed by atoms with Crippen LogP contribution in [0.4, 0.5) is 17.1 Å². The fourth-order valence-corrected chi connectivity index (χ4v) is 9.41. The molecule has 0 fully saturated rings. The third-order valence-electron chi connectivity index (χ3n) is 12.3. The van der Waals surface area contributed by atoms with Crippen LogP contribution in [0, 0.1) is 0 Å². The summed E-state index contributed by atoms with van der Waals surface area (Å²) in [5.41, 5.74) is 13.3. The molecule has 0 aliphatic heterocycles. The molecule has 0 unspecified atom stereocenters. The number of hydrogen-bond donors (Lipinski definition) is 0. The molecule has 0 saturated carbocycles. The van der Waals surface area contributed by atoms with Crippen LogP contribution in [-0.2, 0) is 16.2 Å². The third-order valence-corrected chi connectivity index (χ3v) is 12.3. The molecule has 9 rings (SSSR count). The van der Waals surface area contributed by atoms with E-state index in [2.05, 4.69) is 280 Å². The maximum Gasteiger partial charge on any atom is 0.0701 e. The summed E-state index contributed by atoms with van der Waals surface area (Å²) in [6.45, 7) is 6.82. The van der Waals surface area contributed by atoms with Gasteiger partial charge in [0.15, 0.2) is 0 Å². The van der Waals surface area contributed by atoms with Crippen LogP contribution in [0.3, 0.4) is 0 Å². The first-order valence-corrected chi connectivity index (χ1v) is 21.3. The van der Waals surface area contributed by atoms with Gasteiger partial charge in [-0.15, -0.1) is 0 Å². The van der Waals surface area contributed by atoms with Crippen LogP contribution in [0.25, 0.3) is 0 Å². The molecule has 9 aromatic rings. The lowest BCUT2D eigenvalue weighted by Gasteiger charge is -2.37. The summed E-state index contributed by atoms with van der Waals surface area (Å²) in [5.74, 6) is 0. The molecule has 0 bridgehead atoms. The standard InChI is InChI=1S/C60H51N/c1-58(2,3)46-34-40-55(41-35-46)61(56-42-36-53(37-43-56)59(47-22-10-4-11-23-47,48-24-12-5-13-25-48)49-26-14-6-15-27-49)57-44-38-54(39-45-57)60(50-28-16-7-17-29-50,51-30-18-8-19-31-51)52-32-20-9-21-33-52/h4-45H,1-3H3. The molecule has 1 nitrogen and oxygen atoms in total. The molecule has 0 radical (unpaired) electrons. The van der Waals surface area contributed by atoms with Crippen LogP contribution in [0.2, 0.25) is 0 Å². The zero-order chi connectivity index (χ0) is 41.7. The van der Waals surface area contributed by atoms with E-state index >= 15 is 0 Å². The van der Waals surface area contributed by atoms with Gasteiger partial charge in [-0.3, -0.25) is 0 Å². The third kappa shape index (κ3) is 7.27. The summed E-state index contributed by atoms with van der Waals surface area (Å²) in [6.07, 6.45) is 0. The van der Waals surface area contributed by atoms with Crippen molar-refractivity contribution in [2.45, 2.75) is 37.0 Å². The fraction of sp³-hybridized carbons (Fsp3) is 0.100. The second-order valence-corrected chi connectivity index (χ2v) is 16.9. The zero-order valence-electron chi connectivity index (χ0n) is 35.2. The molecule has 0 N–H and O–H groups in total. The second-order valence-electron chi connectivity index (χ2n) is 16.9. The molecule has 0 spiro atoms. The number of rotatable bonds is 11. The monoisotopic (exact) mass is 785 g/mol. The quantitative estimate of drug-likeness (QED) is 0.118. The van der Waals surface area contributed by atoms with Crippen molar-refractivity contribution in [3.05, 3.63) is 305 Å². The smallest absolute Gasteiger partial charge is 0.0701 e. The molecule has 61 heavy (non-hydrogen) atoms. The van der Waals surface area contributed by atoms with Gasteiger partial charge >= 0.3 is 0 Å². The Labute approximate surface area is 362 Å². The SMILES string of the molecule is CC(C)(C)c1ccc(N(c2ccc(C(c3ccccc3)(c3ccccc3)c3ccccc3)cc2)c2ccc(C(c3ccccc3)(c3ccccc3)c3ccccc3)cc2)cc1. The zero-order valence-corrected chi connectivity index (χ0v) is 35.2. The van der Waals surface area contributed by atoms with Crippen molar-refractivity contribution < 1.29 is 0 Å². The summed E-state index contributed by atoms with van der Waals surface area (Å²) in [4.78, 5) is 2.39. The van der Waals surface area contributed by atoms with Crippen molar-refractivity contribution in [3.63, 3.8) is 0 Å². The molecule has 0 aromatic heterocycles. The van der Waals surface area contributed by atoms with Crippen molar-refractivity contribution in [1.82, 2.24) is 0 Å². The van der Waals surface area contributed by atoms with Gasteiger partial charge in [0.05, 0.1) is 10.8 Å². The summed E-state index contributed by atoms with van der Waals surface area (Å²) < 4.78 is 0. The Bertz CT molecular complexity index is 2390. The minimum atomic E-state index is -0.529. The van der Waals surface area contributed by atoms with Crippen molar-refractivity contribution in [1.29, 1.82) is 0 Å². The van der Waals surface area contributed by atoms with E-state index in [1.165, 1.54) is 50.1 Å². The van der Waals surface area contributed by atoms with Crippen molar-refractivity contribution >= 4 is 17.1 Å². The minimum absolute atomic E-state index is 0.0396. The lowest BCUT2D eigenvalue weighted by Crippen LogP contribution is -2.31. The Morgan fingerprint density at radius 1 is 0.213 bits per heavy atom. The number of hydrogen-bond acceptors (Lipinski definition) is 1. The summed E-state index contributed by atoms with van der Waals surface area (Å²) in [6, 6.07) is 93.2. The normalized spacial score (nSPS) is 11.9. The Morgan fingerprint density at radius 3 is 0.590 bits per heavy atom. The Hall–Kier alpha value is -7.22. The minimum Gasteiger partial charge on any atom is -0.311 e. The van der Waals surface area contributed by atoms with E-state index < -0.39 is 10.8 Å². The molecule has 0 saturated heterocycles. The molecule has 296 valence electrons. The Morgan fingerprint density at radius 2 is 0.393 bits per heavy atom. The molecule has 9 aromatic carbocycles. The average molecular weight is 786 g/mol. The van der Waals surface area contributed by atoms with Crippen LogP contribution < -0.4 is 4.90 Å². The highest BCUT2D eigenvalue weighted by Crippen LogP contribution is 2.48. The average Bonchev–Trinajstić information content (AvgIpc) is 3.33. The van der Waals surface area contributed by atoms with Gasteiger partial charge in [-0.2, -0.15) is 0 Å². The van der Waals surface area contributed by atoms with Gasteiger partial charge in [-0.1, -0.05) is 239 Å². The van der Waals surface area contributed by atoms with Crippen LogP contribution in [0.1, 0.15) is 70.8 Å².